The lowest BCUT2D eigenvalue weighted by Crippen LogP contribution is -2.18. The molecule has 0 heterocycles. The molecular formula is C15H21O7P. The average molecular weight is 344 g/mol. The standard InChI is InChI=1S/C15H21O7P/c1-18-13-9-5-7-12(11-13)8-6-10-14(22-15(16)19-2)23(17,20-3)21-4/h5-7,9-11,14H,8H2,1-4H3/b10-6+. The van der Waals surface area contributed by atoms with E-state index in [1.54, 1.807) is 13.2 Å². The molecule has 8 heteroatoms. The molecule has 1 unspecified atom stereocenters. The Morgan fingerprint density at radius 3 is 2.48 bits per heavy atom. The second kappa shape index (κ2) is 9.35. The summed E-state index contributed by atoms with van der Waals surface area (Å²) < 4.78 is 36.6. The first-order valence-corrected chi connectivity index (χ1v) is 8.35. The van der Waals surface area contributed by atoms with Crippen molar-refractivity contribution in [3.63, 3.8) is 0 Å². The van der Waals surface area contributed by atoms with Gasteiger partial charge in [-0.3, -0.25) is 4.57 Å². The predicted octanol–water partition coefficient (Wildman–Crippen LogP) is 3.39. The van der Waals surface area contributed by atoms with Crippen molar-refractivity contribution in [2.45, 2.75) is 12.3 Å². The van der Waals surface area contributed by atoms with Crippen molar-refractivity contribution in [3.05, 3.63) is 42.0 Å². The summed E-state index contributed by atoms with van der Waals surface area (Å²) in [5, 5.41) is 0. The van der Waals surface area contributed by atoms with E-state index in [1.807, 2.05) is 24.3 Å². The van der Waals surface area contributed by atoms with E-state index in [4.69, 9.17) is 18.5 Å². The monoisotopic (exact) mass is 344 g/mol. The van der Waals surface area contributed by atoms with Crippen LogP contribution < -0.4 is 4.74 Å². The Bertz CT molecular complexity index is 577. The zero-order valence-electron chi connectivity index (χ0n) is 13.6. The van der Waals surface area contributed by atoms with Gasteiger partial charge in [-0.05, 0) is 30.2 Å². The molecule has 1 aromatic rings. The van der Waals surface area contributed by atoms with E-state index >= 15 is 0 Å². The zero-order valence-corrected chi connectivity index (χ0v) is 14.4. The van der Waals surface area contributed by atoms with E-state index in [0.717, 1.165) is 18.4 Å². The molecular weight excluding hydrogens is 323 g/mol. The van der Waals surface area contributed by atoms with Crippen molar-refractivity contribution < 1.29 is 32.6 Å². The third-order valence-electron chi connectivity index (χ3n) is 2.99. The largest absolute Gasteiger partial charge is 0.509 e. The molecule has 1 rings (SSSR count). The number of hydrogen-bond donors (Lipinski definition) is 0. The highest BCUT2D eigenvalue weighted by molar-refractivity contribution is 7.54. The van der Waals surface area contributed by atoms with Crippen molar-refractivity contribution in [2.24, 2.45) is 0 Å². The molecule has 0 aliphatic carbocycles. The van der Waals surface area contributed by atoms with Gasteiger partial charge in [-0.2, -0.15) is 0 Å². The van der Waals surface area contributed by atoms with Crippen LogP contribution in [0.15, 0.2) is 36.4 Å². The molecule has 0 saturated carbocycles. The van der Waals surface area contributed by atoms with Crippen LogP contribution in [0, 0.1) is 0 Å². The van der Waals surface area contributed by atoms with Crippen molar-refractivity contribution in [1.29, 1.82) is 0 Å². The number of rotatable bonds is 8. The van der Waals surface area contributed by atoms with Crippen LogP contribution in [0.4, 0.5) is 4.79 Å². The molecule has 7 nitrogen and oxygen atoms in total. The van der Waals surface area contributed by atoms with Crippen LogP contribution in [0.2, 0.25) is 0 Å². The van der Waals surface area contributed by atoms with Gasteiger partial charge in [0.15, 0.2) is 0 Å². The van der Waals surface area contributed by atoms with Gasteiger partial charge in [0.1, 0.15) is 5.75 Å². The van der Waals surface area contributed by atoms with Crippen LogP contribution in [0.5, 0.6) is 5.75 Å². The van der Waals surface area contributed by atoms with E-state index in [1.165, 1.54) is 20.3 Å². The fraction of sp³-hybridized carbons (Fsp3) is 0.400. The minimum atomic E-state index is -3.63. The molecule has 0 amide bonds. The zero-order chi connectivity index (χ0) is 17.3. The first-order valence-electron chi connectivity index (χ1n) is 6.74. The average Bonchev–Trinajstić information content (AvgIpc) is 2.60. The van der Waals surface area contributed by atoms with Crippen molar-refractivity contribution in [1.82, 2.24) is 0 Å². The molecule has 0 N–H and O–H groups in total. The molecule has 128 valence electrons. The summed E-state index contributed by atoms with van der Waals surface area (Å²) in [4.78, 5) is 11.3. The number of carbonyl (C=O) groups excluding carboxylic acids is 1. The third kappa shape index (κ3) is 5.71. The minimum absolute atomic E-state index is 0.520. The van der Waals surface area contributed by atoms with E-state index in [0.29, 0.717) is 6.42 Å². The number of methoxy groups -OCH3 is 2. The maximum Gasteiger partial charge on any atom is 0.509 e. The molecule has 0 radical (unpaired) electrons. The highest BCUT2D eigenvalue weighted by Crippen LogP contribution is 2.52. The number of benzene rings is 1. The second-order valence-corrected chi connectivity index (χ2v) is 6.67. The predicted molar refractivity (Wildman–Crippen MR) is 84.7 cm³/mol. The highest BCUT2D eigenvalue weighted by Gasteiger charge is 2.35. The van der Waals surface area contributed by atoms with Crippen molar-refractivity contribution in [3.8, 4) is 5.75 Å². The summed E-state index contributed by atoms with van der Waals surface area (Å²) in [6.45, 7) is 0. The maximum atomic E-state index is 12.4. The summed E-state index contributed by atoms with van der Waals surface area (Å²) in [6.07, 6.45) is 2.69. The van der Waals surface area contributed by atoms with Crippen LogP contribution in [-0.2, 0) is 29.5 Å². The SMILES string of the molecule is COC(=O)OC(/C=C/Cc1cccc(OC)c1)P(=O)(OC)OC. The Balaban J connectivity index is 2.86. The molecule has 0 fully saturated rings. The molecule has 0 aromatic heterocycles. The van der Waals surface area contributed by atoms with Crippen molar-refractivity contribution >= 4 is 13.8 Å². The van der Waals surface area contributed by atoms with Crippen LogP contribution in [0.25, 0.3) is 0 Å². The third-order valence-corrected chi connectivity index (χ3v) is 4.91. The molecule has 23 heavy (non-hydrogen) atoms. The second-order valence-electron chi connectivity index (χ2n) is 4.35. The van der Waals surface area contributed by atoms with E-state index < -0.39 is 19.6 Å². The summed E-state index contributed by atoms with van der Waals surface area (Å²) in [5.74, 6) is -0.465. The van der Waals surface area contributed by atoms with E-state index in [2.05, 4.69) is 4.74 Å². The first kappa shape index (κ1) is 19.2. The molecule has 0 aliphatic rings. The molecule has 0 saturated heterocycles. The fourth-order valence-corrected chi connectivity index (χ4v) is 2.87. The van der Waals surface area contributed by atoms with Gasteiger partial charge in [0.2, 0.25) is 5.85 Å². The number of hydrogen-bond acceptors (Lipinski definition) is 7. The van der Waals surface area contributed by atoms with Gasteiger partial charge in [0.05, 0.1) is 14.2 Å². The van der Waals surface area contributed by atoms with Gasteiger partial charge in [0.25, 0.3) is 0 Å². The molecule has 0 aliphatic heterocycles. The van der Waals surface area contributed by atoms with Gasteiger partial charge in [0, 0.05) is 14.2 Å². The van der Waals surface area contributed by atoms with Crippen LogP contribution in [-0.4, -0.2) is 40.4 Å². The lowest BCUT2D eigenvalue weighted by molar-refractivity contribution is 0.0625. The lowest BCUT2D eigenvalue weighted by atomic mass is 10.1. The smallest absolute Gasteiger partial charge is 0.497 e. The number of ether oxygens (including phenoxy) is 3. The summed E-state index contributed by atoms with van der Waals surface area (Å²) >= 11 is 0. The van der Waals surface area contributed by atoms with E-state index in [-0.39, 0.29) is 0 Å². The van der Waals surface area contributed by atoms with Gasteiger partial charge < -0.3 is 23.3 Å². The lowest BCUT2D eigenvalue weighted by Gasteiger charge is -2.21. The molecule has 1 atom stereocenters. The fourth-order valence-electron chi connectivity index (χ4n) is 1.76. The maximum absolute atomic E-state index is 12.4. The van der Waals surface area contributed by atoms with Gasteiger partial charge >= 0.3 is 13.8 Å². The topological polar surface area (TPSA) is 80.3 Å². The Morgan fingerprint density at radius 2 is 1.91 bits per heavy atom. The van der Waals surface area contributed by atoms with Gasteiger partial charge in [-0.15, -0.1) is 0 Å². The van der Waals surface area contributed by atoms with E-state index in [9.17, 15) is 9.36 Å². The first-order chi connectivity index (χ1) is 11.0. The van der Waals surface area contributed by atoms with Gasteiger partial charge in [-0.25, -0.2) is 4.79 Å². The summed E-state index contributed by atoms with van der Waals surface area (Å²) in [6, 6.07) is 7.47. The molecule has 0 spiro atoms. The van der Waals surface area contributed by atoms with Crippen LogP contribution >= 0.6 is 7.60 Å². The van der Waals surface area contributed by atoms with Crippen LogP contribution in [0.1, 0.15) is 5.56 Å². The summed E-state index contributed by atoms with van der Waals surface area (Å²) in [5.41, 5.74) is 0.974. The number of allylic oxidation sites excluding steroid dienone is 1. The Kier molecular flexibility index (Phi) is 7.81. The molecule has 0 bridgehead atoms. The quantitative estimate of drug-likeness (QED) is 0.406. The summed E-state index contributed by atoms with van der Waals surface area (Å²) in [7, 11) is 1.55. The minimum Gasteiger partial charge on any atom is -0.497 e. The van der Waals surface area contributed by atoms with Gasteiger partial charge in [-0.1, -0.05) is 18.2 Å². The Hall–Kier alpha value is -1.82. The number of carbonyl (C=O) groups is 1. The Morgan fingerprint density at radius 1 is 1.22 bits per heavy atom. The normalized spacial score (nSPS) is 12.9. The highest BCUT2D eigenvalue weighted by atomic mass is 31.2. The van der Waals surface area contributed by atoms with Crippen LogP contribution in [0.3, 0.4) is 0 Å². The molecule has 1 aromatic carbocycles. The Labute approximate surface area is 135 Å². The van der Waals surface area contributed by atoms with Crippen molar-refractivity contribution in [2.75, 3.05) is 28.4 Å².